The summed E-state index contributed by atoms with van der Waals surface area (Å²) < 4.78 is 4.74. The molecule has 0 saturated carbocycles. The molecule has 1 atom stereocenters. The third kappa shape index (κ3) is 4.83. The maximum atomic E-state index is 11.2. The van der Waals surface area contributed by atoms with E-state index in [1.165, 1.54) is 20.8 Å². The van der Waals surface area contributed by atoms with Crippen molar-refractivity contribution in [3.8, 4) is 0 Å². The van der Waals surface area contributed by atoms with E-state index in [4.69, 9.17) is 4.74 Å². The number of ether oxygens (including phenoxy) is 1. The van der Waals surface area contributed by atoms with Crippen molar-refractivity contribution >= 4 is 30.4 Å². The summed E-state index contributed by atoms with van der Waals surface area (Å²) in [6.07, 6.45) is 0. The van der Waals surface area contributed by atoms with Gasteiger partial charge in [0.1, 0.15) is 6.61 Å². The number of carbonyl (C=O) groups is 3. The van der Waals surface area contributed by atoms with Crippen LogP contribution in [0.1, 0.15) is 20.8 Å². The van der Waals surface area contributed by atoms with E-state index in [1.54, 1.807) is 0 Å². The second-order valence-electron chi connectivity index (χ2n) is 3.05. The van der Waals surface area contributed by atoms with Gasteiger partial charge in [0.2, 0.25) is 11.8 Å². The predicted octanol–water partition coefficient (Wildman–Crippen LogP) is 0.243. The summed E-state index contributed by atoms with van der Waals surface area (Å²) in [6.45, 7) is 3.82. The number of imide groups is 1. The van der Waals surface area contributed by atoms with E-state index in [2.05, 4.69) is 12.6 Å². The molecule has 0 fully saturated rings. The van der Waals surface area contributed by atoms with Crippen LogP contribution in [-0.4, -0.2) is 41.1 Å². The summed E-state index contributed by atoms with van der Waals surface area (Å²) in [4.78, 5) is 34.0. The molecule has 6 heteroatoms. The molecule has 0 rings (SSSR count). The molecule has 0 heterocycles. The first-order chi connectivity index (χ1) is 6.90. The van der Waals surface area contributed by atoms with Crippen LogP contribution in [0.2, 0.25) is 0 Å². The number of hydrogen-bond acceptors (Lipinski definition) is 5. The molecule has 2 amide bonds. The molecule has 0 N–H and O–H groups in total. The molecular weight excluding hydrogens is 218 g/mol. The molecule has 0 spiro atoms. The van der Waals surface area contributed by atoms with Crippen LogP contribution in [0.3, 0.4) is 0 Å². The largest absolute Gasteiger partial charge is 0.464 e. The summed E-state index contributed by atoms with van der Waals surface area (Å²) in [5, 5.41) is 0. The van der Waals surface area contributed by atoms with Gasteiger partial charge >= 0.3 is 5.97 Å². The van der Waals surface area contributed by atoms with Gasteiger partial charge in [-0.15, -0.1) is 0 Å². The highest BCUT2D eigenvalue weighted by Gasteiger charge is 2.24. The lowest BCUT2D eigenvalue weighted by atomic mass is 10.3. The molecular formula is C9H15NO4S. The predicted molar refractivity (Wildman–Crippen MR) is 57.5 cm³/mol. The standard InChI is InChI=1S/C9H15NO4S/c1-6(11)10(7(2)12)9(5-15)4-14-8(3)13/h9,15H,4-5H2,1-3H3. The van der Waals surface area contributed by atoms with Crippen molar-refractivity contribution in [3.05, 3.63) is 0 Å². The van der Waals surface area contributed by atoms with Gasteiger partial charge < -0.3 is 4.74 Å². The number of amides is 2. The topological polar surface area (TPSA) is 63.7 Å². The molecule has 0 radical (unpaired) electrons. The normalized spacial score (nSPS) is 11.7. The number of nitrogens with zero attached hydrogens (tertiary/aromatic N) is 1. The van der Waals surface area contributed by atoms with Gasteiger partial charge in [0.15, 0.2) is 0 Å². The Kier molecular flexibility index (Phi) is 6.00. The average molecular weight is 233 g/mol. The molecule has 5 nitrogen and oxygen atoms in total. The second-order valence-corrected chi connectivity index (χ2v) is 3.41. The maximum absolute atomic E-state index is 11.2. The van der Waals surface area contributed by atoms with Gasteiger partial charge in [0, 0.05) is 26.5 Å². The number of esters is 1. The van der Waals surface area contributed by atoms with Crippen LogP contribution in [0.4, 0.5) is 0 Å². The van der Waals surface area contributed by atoms with Crippen LogP contribution >= 0.6 is 12.6 Å². The fourth-order valence-corrected chi connectivity index (χ4v) is 1.43. The monoisotopic (exact) mass is 233 g/mol. The number of thiol groups is 1. The van der Waals surface area contributed by atoms with Gasteiger partial charge in [-0.1, -0.05) is 0 Å². The second kappa shape index (κ2) is 6.44. The van der Waals surface area contributed by atoms with Crippen LogP contribution < -0.4 is 0 Å². The summed E-state index contributed by atoms with van der Waals surface area (Å²) in [7, 11) is 0. The number of carbonyl (C=O) groups excluding carboxylic acids is 3. The lowest BCUT2D eigenvalue weighted by Gasteiger charge is -2.26. The van der Waals surface area contributed by atoms with Gasteiger partial charge in [-0.25, -0.2) is 0 Å². The first-order valence-corrected chi connectivity index (χ1v) is 5.08. The molecule has 86 valence electrons. The van der Waals surface area contributed by atoms with Crippen molar-refractivity contribution in [1.29, 1.82) is 0 Å². The number of rotatable bonds is 4. The van der Waals surface area contributed by atoms with Crippen LogP contribution in [0.25, 0.3) is 0 Å². The van der Waals surface area contributed by atoms with E-state index in [9.17, 15) is 14.4 Å². The van der Waals surface area contributed by atoms with Crippen molar-refractivity contribution < 1.29 is 19.1 Å². The lowest BCUT2D eigenvalue weighted by molar-refractivity contribution is -0.151. The van der Waals surface area contributed by atoms with Gasteiger partial charge in [0.25, 0.3) is 0 Å². The van der Waals surface area contributed by atoms with Gasteiger partial charge in [0.05, 0.1) is 6.04 Å². The van der Waals surface area contributed by atoms with Crippen molar-refractivity contribution in [2.45, 2.75) is 26.8 Å². The van der Waals surface area contributed by atoms with E-state index < -0.39 is 12.0 Å². The van der Waals surface area contributed by atoms with E-state index in [0.29, 0.717) is 0 Å². The molecule has 15 heavy (non-hydrogen) atoms. The quantitative estimate of drug-likeness (QED) is 0.558. The van der Waals surface area contributed by atoms with Crippen LogP contribution in [0.5, 0.6) is 0 Å². The molecule has 0 aromatic carbocycles. The Bertz CT molecular complexity index is 253. The summed E-state index contributed by atoms with van der Waals surface area (Å²) in [6, 6.07) is -0.507. The van der Waals surface area contributed by atoms with Crippen LogP contribution in [0.15, 0.2) is 0 Å². The summed E-state index contributed by atoms with van der Waals surface area (Å²) >= 11 is 4.01. The zero-order chi connectivity index (χ0) is 12.0. The Hall–Kier alpha value is -1.04. The van der Waals surface area contributed by atoms with Gasteiger partial charge in [-0.05, 0) is 0 Å². The minimum absolute atomic E-state index is 0.0159. The van der Waals surface area contributed by atoms with E-state index in [-0.39, 0.29) is 24.2 Å². The minimum Gasteiger partial charge on any atom is -0.464 e. The highest BCUT2D eigenvalue weighted by Crippen LogP contribution is 2.04. The average Bonchev–Trinajstić information content (AvgIpc) is 2.09. The molecule has 0 saturated heterocycles. The highest BCUT2D eigenvalue weighted by molar-refractivity contribution is 7.80. The van der Waals surface area contributed by atoms with Crippen molar-refractivity contribution in [2.24, 2.45) is 0 Å². The maximum Gasteiger partial charge on any atom is 0.302 e. The fourth-order valence-electron chi connectivity index (χ4n) is 1.16. The van der Waals surface area contributed by atoms with E-state index >= 15 is 0 Å². The Morgan fingerprint density at radius 1 is 1.20 bits per heavy atom. The lowest BCUT2D eigenvalue weighted by Crippen LogP contribution is -2.46. The molecule has 0 aliphatic carbocycles. The van der Waals surface area contributed by atoms with E-state index in [0.717, 1.165) is 4.90 Å². The molecule has 0 aromatic rings. The van der Waals surface area contributed by atoms with Crippen molar-refractivity contribution in [3.63, 3.8) is 0 Å². The fraction of sp³-hybridized carbons (Fsp3) is 0.667. The zero-order valence-electron chi connectivity index (χ0n) is 9.02. The third-order valence-electron chi connectivity index (χ3n) is 1.73. The van der Waals surface area contributed by atoms with Crippen LogP contribution in [0, 0.1) is 0 Å². The minimum atomic E-state index is -0.507. The Morgan fingerprint density at radius 2 is 1.67 bits per heavy atom. The third-order valence-corrected chi connectivity index (χ3v) is 2.15. The van der Waals surface area contributed by atoms with Crippen molar-refractivity contribution in [2.75, 3.05) is 12.4 Å². The zero-order valence-corrected chi connectivity index (χ0v) is 9.91. The molecule has 0 bridgehead atoms. The Balaban J connectivity index is 4.52. The first-order valence-electron chi connectivity index (χ1n) is 4.44. The SMILES string of the molecule is CC(=O)OCC(CS)N(C(C)=O)C(C)=O. The Labute approximate surface area is 94.2 Å². The Morgan fingerprint density at radius 3 is 1.93 bits per heavy atom. The molecule has 0 aromatic heterocycles. The molecule has 0 aliphatic rings. The van der Waals surface area contributed by atoms with Gasteiger partial charge in [-0.2, -0.15) is 12.6 Å². The summed E-state index contributed by atoms with van der Waals surface area (Å²) in [5.74, 6) is -0.955. The first kappa shape index (κ1) is 14.0. The van der Waals surface area contributed by atoms with Crippen LogP contribution in [-0.2, 0) is 19.1 Å². The highest BCUT2D eigenvalue weighted by atomic mass is 32.1. The summed E-state index contributed by atoms with van der Waals surface area (Å²) in [5.41, 5.74) is 0. The van der Waals surface area contributed by atoms with E-state index in [1.807, 2.05) is 0 Å². The molecule has 0 aliphatic heterocycles. The molecule has 1 unspecified atom stereocenters. The van der Waals surface area contributed by atoms with Crippen molar-refractivity contribution in [1.82, 2.24) is 4.90 Å². The number of hydrogen-bond donors (Lipinski definition) is 1. The van der Waals surface area contributed by atoms with Gasteiger partial charge in [-0.3, -0.25) is 19.3 Å². The smallest absolute Gasteiger partial charge is 0.302 e.